The Morgan fingerprint density at radius 2 is 1.97 bits per heavy atom. The number of hydrogen-bond acceptors (Lipinski definition) is 5. The molecule has 156 valence electrons. The van der Waals surface area contributed by atoms with Crippen LogP contribution in [-0.4, -0.2) is 33.3 Å². The lowest BCUT2D eigenvalue weighted by Gasteiger charge is -2.13. The Hall–Kier alpha value is -3.87. The molecule has 3 heterocycles. The zero-order chi connectivity index (χ0) is 21.2. The second kappa shape index (κ2) is 8.10. The van der Waals surface area contributed by atoms with Crippen LogP contribution in [-0.2, 0) is 6.42 Å². The molecule has 7 heteroatoms. The maximum Gasteiger partial charge on any atom is 0.256 e. The predicted molar refractivity (Wildman–Crippen MR) is 116 cm³/mol. The largest absolute Gasteiger partial charge is 0.454 e. The Morgan fingerprint density at radius 3 is 2.84 bits per heavy atom. The second-order valence-electron chi connectivity index (χ2n) is 7.59. The molecular formula is C24H22N4O3. The van der Waals surface area contributed by atoms with Crippen LogP contribution in [0.1, 0.15) is 29.3 Å². The third kappa shape index (κ3) is 3.82. The summed E-state index contributed by atoms with van der Waals surface area (Å²) in [7, 11) is 0. The monoisotopic (exact) mass is 414 g/mol. The molecule has 1 N–H and O–H groups in total. The summed E-state index contributed by atoms with van der Waals surface area (Å²) >= 11 is 0. The number of ether oxygens (including phenoxy) is 2. The highest BCUT2D eigenvalue weighted by Gasteiger charge is 2.19. The van der Waals surface area contributed by atoms with E-state index in [4.69, 9.17) is 9.47 Å². The van der Waals surface area contributed by atoms with Gasteiger partial charge in [0.25, 0.3) is 5.91 Å². The molecule has 0 spiro atoms. The van der Waals surface area contributed by atoms with Crippen molar-refractivity contribution in [2.45, 2.75) is 25.8 Å². The number of nitrogens with zero attached hydrogens (tertiary/aromatic N) is 3. The van der Waals surface area contributed by atoms with Crippen LogP contribution in [0.2, 0.25) is 0 Å². The Labute approximate surface area is 179 Å². The number of benzene rings is 2. The van der Waals surface area contributed by atoms with Gasteiger partial charge in [-0.2, -0.15) is 5.10 Å². The van der Waals surface area contributed by atoms with Crippen molar-refractivity contribution >= 4 is 11.6 Å². The minimum absolute atomic E-state index is 0.0275. The molecule has 31 heavy (non-hydrogen) atoms. The summed E-state index contributed by atoms with van der Waals surface area (Å²) in [4.78, 5) is 17.3. The van der Waals surface area contributed by atoms with E-state index >= 15 is 0 Å². The summed E-state index contributed by atoms with van der Waals surface area (Å²) in [5.41, 5.74) is 3.95. The average Bonchev–Trinajstić information content (AvgIpc) is 3.44. The zero-order valence-corrected chi connectivity index (χ0v) is 17.1. The molecule has 0 radical (unpaired) electrons. The van der Waals surface area contributed by atoms with Crippen molar-refractivity contribution in [3.63, 3.8) is 0 Å². The van der Waals surface area contributed by atoms with Crippen LogP contribution < -0.4 is 14.8 Å². The van der Waals surface area contributed by atoms with E-state index in [-0.39, 0.29) is 18.7 Å². The van der Waals surface area contributed by atoms with Gasteiger partial charge >= 0.3 is 0 Å². The van der Waals surface area contributed by atoms with Crippen molar-refractivity contribution in [2.75, 3.05) is 6.79 Å². The molecule has 2 aromatic carbocycles. The van der Waals surface area contributed by atoms with E-state index in [1.54, 1.807) is 16.9 Å². The first-order chi connectivity index (χ1) is 15.2. The standard InChI is InChI=1S/C24H22N4O3/c1-16(7-8-17-5-3-2-4-6-17)27-24(29)19-14-26-28-20(11-12-25-23(19)28)18-9-10-21-22(13-18)31-15-30-21/h2-6,9-14,16H,7-8,15H2,1H3,(H,27,29)/t16-/m1/s1. The van der Waals surface area contributed by atoms with Crippen LogP contribution in [0.15, 0.2) is 67.0 Å². The van der Waals surface area contributed by atoms with Gasteiger partial charge in [-0.25, -0.2) is 9.50 Å². The Morgan fingerprint density at radius 1 is 1.13 bits per heavy atom. The highest BCUT2D eigenvalue weighted by molar-refractivity contribution is 6.00. The second-order valence-corrected chi connectivity index (χ2v) is 7.59. The van der Waals surface area contributed by atoms with Crippen molar-refractivity contribution < 1.29 is 14.3 Å². The molecule has 7 nitrogen and oxygen atoms in total. The Bertz CT molecular complexity index is 1240. The van der Waals surface area contributed by atoms with E-state index in [1.165, 1.54) is 5.56 Å². The molecule has 2 aromatic heterocycles. The molecule has 4 aromatic rings. The molecule has 1 amide bonds. The van der Waals surface area contributed by atoms with Gasteiger partial charge < -0.3 is 14.8 Å². The maximum absolute atomic E-state index is 12.9. The van der Waals surface area contributed by atoms with Crippen LogP contribution in [0, 0.1) is 0 Å². The van der Waals surface area contributed by atoms with Gasteiger partial charge in [0.2, 0.25) is 6.79 Å². The lowest BCUT2D eigenvalue weighted by Crippen LogP contribution is -2.32. The number of carbonyl (C=O) groups excluding carboxylic acids is 1. The SMILES string of the molecule is C[C@H](CCc1ccccc1)NC(=O)c1cnn2c(-c3ccc4c(c3)OCO4)ccnc12. The Balaban J connectivity index is 1.35. The molecule has 0 saturated carbocycles. The zero-order valence-electron chi connectivity index (χ0n) is 17.1. The normalized spacial score (nSPS) is 13.3. The molecule has 0 unspecified atom stereocenters. The fraction of sp³-hybridized carbons (Fsp3) is 0.208. The summed E-state index contributed by atoms with van der Waals surface area (Å²) in [5.74, 6) is 1.24. The van der Waals surface area contributed by atoms with Gasteiger partial charge in [0.15, 0.2) is 17.1 Å². The van der Waals surface area contributed by atoms with E-state index in [0.29, 0.717) is 17.0 Å². The van der Waals surface area contributed by atoms with Gasteiger partial charge in [-0.3, -0.25) is 4.79 Å². The highest BCUT2D eigenvalue weighted by Crippen LogP contribution is 2.35. The first-order valence-electron chi connectivity index (χ1n) is 10.3. The van der Waals surface area contributed by atoms with E-state index in [2.05, 4.69) is 27.5 Å². The Kier molecular flexibility index (Phi) is 5.00. The summed E-state index contributed by atoms with van der Waals surface area (Å²) < 4.78 is 12.6. The summed E-state index contributed by atoms with van der Waals surface area (Å²) in [6.07, 6.45) is 5.01. The fourth-order valence-electron chi connectivity index (χ4n) is 3.73. The lowest BCUT2D eigenvalue weighted by atomic mass is 10.1. The van der Waals surface area contributed by atoms with Crippen LogP contribution in [0.5, 0.6) is 11.5 Å². The number of hydrogen-bond donors (Lipinski definition) is 1. The third-order valence-electron chi connectivity index (χ3n) is 5.40. The highest BCUT2D eigenvalue weighted by atomic mass is 16.7. The molecular weight excluding hydrogens is 392 g/mol. The van der Waals surface area contributed by atoms with Crippen molar-refractivity contribution in [2.24, 2.45) is 0 Å². The van der Waals surface area contributed by atoms with Gasteiger partial charge in [-0.15, -0.1) is 0 Å². The first kappa shape index (κ1) is 19.1. The van der Waals surface area contributed by atoms with Crippen LogP contribution in [0.4, 0.5) is 0 Å². The van der Waals surface area contributed by atoms with Crippen molar-refractivity contribution in [1.29, 1.82) is 0 Å². The smallest absolute Gasteiger partial charge is 0.256 e. The number of rotatable bonds is 6. The van der Waals surface area contributed by atoms with Gasteiger partial charge in [0, 0.05) is 17.8 Å². The molecule has 1 aliphatic heterocycles. The number of nitrogens with one attached hydrogen (secondary N) is 1. The minimum Gasteiger partial charge on any atom is -0.454 e. The van der Waals surface area contributed by atoms with Crippen molar-refractivity contribution in [1.82, 2.24) is 19.9 Å². The van der Waals surface area contributed by atoms with Crippen LogP contribution >= 0.6 is 0 Å². The van der Waals surface area contributed by atoms with Gasteiger partial charge in [0.1, 0.15) is 5.56 Å². The summed E-state index contributed by atoms with van der Waals surface area (Å²) in [5, 5.41) is 7.50. The van der Waals surface area contributed by atoms with Crippen molar-refractivity contribution in [3.8, 4) is 22.8 Å². The van der Waals surface area contributed by atoms with E-state index in [9.17, 15) is 4.79 Å². The quantitative estimate of drug-likeness (QED) is 0.518. The van der Waals surface area contributed by atoms with Gasteiger partial charge in [-0.05, 0) is 49.6 Å². The summed E-state index contributed by atoms with van der Waals surface area (Å²) in [6.45, 7) is 2.23. The van der Waals surface area contributed by atoms with E-state index in [0.717, 1.165) is 29.8 Å². The molecule has 0 aliphatic carbocycles. The van der Waals surface area contributed by atoms with E-state index in [1.807, 2.05) is 49.4 Å². The van der Waals surface area contributed by atoms with E-state index < -0.39 is 0 Å². The number of amides is 1. The van der Waals surface area contributed by atoms with Gasteiger partial charge in [0.05, 0.1) is 11.9 Å². The average molecular weight is 414 g/mol. The van der Waals surface area contributed by atoms with Crippen LogP contribution in [0.25, 0.3) is 16.9 Å². The molecule has 1 aliphatic rings. The number of fused-ring (bicyclic) bond motifs is 2. The number of carbonyl (C=O) groups is 1. The molecule has 1 atom stereocenters. The maximum atomic E-state index is 12.9. The van der Waals surface area contributed by atoms with Crippen LogP contribution in [0.3, 0.4) is 0 Å². The molecule has 0 fully saturated rings. The molecule has 0 bridgehead atoms. The minimum atomic E-state index is -0.175. The number of aryl methyl sites for hydroxylation is 1. The van der Waals surface area contributed by atoms with Gasteiger partial charge in [-0.1, -0.05) is 30.3 Å². The third-order valence-corrected chi connectivity index (χ3v) is 5.40. The first-order valence-corrected chi connectivity index (χ1v) is 10.3. The molecule has 5 rings (SSSR count). The molecule has 0 saturated heterocycles. The fourth-order valence-corrected chi connectivity index (χ4v) is 3.73. The van der Waals surface area contributed by atoms with Crippen molar-refractivity contribution in [3.05, 3.63) is 78.1 Å². The predicted octanol–water partition coefficient (Wildman–Crippen LogP) is 3.88. The number of aromatic nitrogens is 3. The summed E-state index contributed by atoms with van der Waals surface area (Å²) in [6, 6.07) is 17.9. The lowest BCUT2D eigenvalue weighted by molar-refractivity contribution is 0.0940. The topological polar surface area (TPSA) is 77.8 Å².